The molecule has 0 bridgehead atoms. The molecule has 3 heterocycles. The SMILES string of the molecule is OC[C@@H]1O[C@H](n2cnc3cncnc32)C(O)[C@@H]1O. The highest BCUT2D eigenvalue weighted by Gasteiger charge is 2.43. The Bertz CT molecular complexity index is 560. The van der Waals surface area contributed by atoms with Crippen LogP contribution in [0.4, 0.5) is 0 Å². The summed E-state index contributed by atoms with van der Waals surface area (Å²) in [7, 11) is 0. The number of nitrogens with zero attached hydrogens (tertiary/aromatic N) is 4. The smallest absolute Gasteiger partial charge is 0.165 e. The maximum atomic E-state index is 9.91. The van der Waals surface area contributed by atoms with Crippen LogP contribution in [-0.2, 0) is 4.74 Å². The molecule has 1 fully saturated rings. The summed E-state index contributed by atoms with van der Waals surface area (Å²) in [6, 6.07) is 0. The number of rotatable bonds is 2. The summed E-state index contributed by atoms with van der Waals surface area (Å²) >= 11 is 0. The topological polar surface area (TPSA) is 114 Å². The van der Waals surface area contributed by atoms with Gasteiger partial charge in [-0.1, -0.05) is 0 Å². The van der Waals surface area contributed by atoms with Crippen LogP contribution in [0.25, 0.3) is 11.2 Å². The van der Waals surface area contributed by atoms with Gasteiger partial charge < -0.3 is 20.1 Å². The summed E-state index contributed by atoms with van der Waals surface area (Å²) in [5.74, 6) is 0. The summed E-state index contributed by atoms with van der Waals surface area (Å²) in [6.45, 7) is -0.365. The summed E-state index contributed by atoms with van der Waals surface area (Å²) < 4.78 is 6.91. The number of aliphatic hydroxyl groups excluding tert-OH is 3. The van der Waals surface area contributed by atoms with Gasteiger partial charge >= 0.3 is 0 Å². The molecule has 0 aromatic carbocycles. The predicted molar refractivity (Wildman–Crippen MR) is 58.3 cm³/mol. The average Bonchev–Trinajstić information content (AvgIpc) is 2.93. The molecule has 3 N–H and O–H groups in total. The molecular formula is C10H12N4O4. The van der Waals surface area contributed by atoms with Gasteiger partial charge in [0.15, 0.2) is 11.9 Å². The van der Waals surface area contributed by atoms with Crippen LogP contribution in [0.5, 0.6) is 0 Å². The van der Waals surface area contributed by atoms with Crippen LogP contribution in [0.15, 0.2) is 18.9 Å². The molecule has 1 unspecified atom stereocenters. The number of hydrogen-bond acceptors (Lipinski definition) is 7. The third-order valence-electron chi connectivity index (χ3n) is 3.03. The van der Waals surface area contributed by atoms with E-state index >= 15 is 0 Å². The van der Waals surface area contributed by atoms with E-state index in [1.54, 1.807) is 6.20 Å². The summed E-state index contributed by atoms with van der Waals surface area (Å²) in [4.78, 5) is 12.0. The van der Waals surface area contributed by atoms with E-state index in [-0.39, 0.29) is 6.61 Å². The van der Waals surface area contributed by atoms with Gasteiger partial charge in [0, 0.05) is 0 Å². The quantitative estimate of drug-likeness (QED) is 0.592. The van der Waals surface area contributed by atoms with Crippen LogP contribution in [0.2, 0.25) is 0 Å². The molecule has 2 aromatic rings. The molecule has 8 nitrogen and oxygen atoms in total. The van der Waals surface area contributed by atoms with E-state index in [9.17, 15) is 10.2 Å². The van der Waals surface area contributed by atoms with E-state index in [1.165, 1.54) is 17.2 Å². The maximum Gasteiger partial charge on any atom is 0.165 e. The van der Waals surface area contributed by atoms with Crippen molar-refractivity contribution in [3.05, 3.63) is 18.9 Å². The molecule has 0 saturated carbocycles. The highest BCUT2D eigenvalue weighted by atomic mass is 16.6. The molecule has 0 radical (unpaired) electrons. The average molecular weight is 252 g/mol. The molecule has 96 valence electrons. The largest absolute Gasteiger partial charge is 0.394 e. The molecule has 0 amide bonds. The molecule has 2 aromatic heterocycles. The molecule has 0 spiro atoms. The lowest BCUT2D eigenvalue weighted by molar-refractivity contribution is -0.0511. The third kappa shape index (κ3) is 1.58. The van der Waals surface area contributed by atoms with Crippen molar-refractivity contribution in [2.24, 2.45) is 0 Å². The second-order valence-electron chi connectivity index (χ2n) is 4.11. The van der Waals surface area contributed by atoms with Crippen molar-refractivity contribution in [2.75, 3.05) is 6.61 Å². The lowest BCUT2D eigenvalue weighted by Gasteiger charge is -2.16. The fourth-order valence-electron chi connectivity index (χ4n) is 2.08. The molecule has 8 heteroatoms. The number of aliphatic hydroxyl groups is 3. The Morgan fingerprint density at radius 3 is 2.83 bits per heavy atom. The van der Waals surface area contributed by atoms with Crippen molar-refractivity contribution in [1.82, 2.24) is 19.5 Å². The first-order chi connectivity index (χ1) is 8.72. The maximum absolute atomic E-state index is 9.91. The first-order valence-corrected chi connectivity index (χ1v) is 5.47. The normalized spacial score (nSPS) is 32.2. The van der Waals surface area contributed by atoms with Crippen molar-refractivity contribution in [3.63, 3.8) is 0 Å². The monoisotopic (exact) mass is 252 g/mol. The van der Waals surface area contributed by atoms with Crippen molar-refractivity contribution in [1.29, 1.82) is 0 Å². The first-order valence-electron chi connectivity index (χ1n) is 5.47. The molecule has 0 aliphatic carbocycles. The Hall–Kier alpha value is -1.61. The van der Waals surface area contributed by atoms with E-state index in [1.807, 2.05) is 0 Å². The van der Waals surface area contributed by atoms with Crippen LogP contribution in [0, 0.1) is 0 Å². The molecular weight excluding hydrogens is 240 g/mol. The van der Waals surface area contributed by atoms with Crippen LogP contribution in [0.3, 0.4) is 0 Å². The van der Waals surface area contributed by atoms with E-state index in [0.29, 0.717) is 11.2 Å². The third-order valence-corrected chi connectivity index (χ3v) is 3.03. The molecule has 3 rings (SSSR count). The summed E-state index contributed by atoms with van der Waals surface area (Å²) in [5, 5.41) is 28.6. The summed E-state index contributed by atoms with van der Waals surface area (Å²) in [6.07, 6.45) is 0.442. The summed E-state index contributed by atoms with van der Waals surface area (Å²) in [5.41, 5.74) is 1.06. The minimum absolute atomic E-state index is 0.365. The van der Waals surface area contributed by atoms with E-state index in [0.717, 1.165) is 0 Å². The van der Waals surface area contributed by atoms with Crippen molar-refractivity contribution >= 4 is 11.2 Å². The van der Waals surface area contributed by atoms with Crippen LogP contribution >= 0.6 is 0 Å². The highest BCUT2D eigenvalue weighted by molar-refractivity contribution is 5.68. The highest BCUT2D eigenvalue weighted by Crippen LogP contribution is 2.30. The van der Waals surface area contributed by atoms with Gasteiger partial charge in [-0.2, -0.15) is 0 Å². The van der Waals surface area contributed by atoms with Gasteiger partial charge in [-0.15, -0.1) is 0 Å². The molecule has 4 atom stereocenters. The zero-order valence-electron chi connectivity index (χ0n) is 9.29. The van der Waals surface area contributed by atoms with Gasteiger partial charge in [-0.25, -0.2) is 15.0 Å². The van der Waals surface area contributed by atoms with Crippen LogP contribution < -0.4 is 0 Å². The second-order valence-corrected chi connectivity index (χ2v) is 4.11. The van der Waals surface area contributed by atoms with Crippen molar-refractivity contribution < 1.29 is 20.1 Å². The van der Waals surface area contributed by atoms with Gasteiger partial charge in [0.25, 0.3) is 0 Å². The van der Waals surface area contributed by atoms with Gasteiger partial charge in [0.1, 0.15) is 30.2 Å². The van der Waals surface area contributed by atoms with E-state index in [2.05, 4.69) is 15.0 Å². The van der Waals surface area contributed by atoms with Crippen LogP contribution in [-0.4, -0.2) is 59.8 Å². The molecule has 18 heavy (non-hydrogen) atoms. The van der Waals surface area contributed by atoms with Crippen molar-refractivity contribution in [2.45, 2.75) is 24.5 Å². The predicted octanol–water partition coefficient (Wildman–Crippen LogP) is -1.56. The number of fused-ring (bicyclic) bond motifs is 1. The lowest BCUT2D eigenvalue weighted by atomic mass is 10.1. The van der Waals surface area contributed by atoms with Gasteiger partial charge in [-0.3, -0.25) is 4.57 Å². The molecule has 1 aliphatic rings. The van der Waals surface area contributed by atoms with Gasteiger partial charge in [-0.05, 0) is 0 Å². The zero-order chi connectivity index (χ0) is 12.7. The molecule has 1 saturated heterocycles. The lowest BCUT2D eigenvalue weighted by Crippen LogP contribution is -2.33. The fourth-order valence-corrected chi connectivity index (χ4v) is 2.08. The van der Waals surface area contributed by atoms with Crippen LogP contribution in [0.1, 0.15) is 6.23 Å². The van der Waals surface area contributed by atoms with Gasteiger partial charge in [0.2, 0.25) is 0 Å². The number of aromatic nitrogens is 4. The Balaban J connectivity index is 2.00. The second kappa shape index (κ2) is 4.25. The minimum atomic E-state index is -1.14. The van der Waals surface area contributed by atoms with Crippen molar-refractivity contribution in [3.8, 4) is 0 Å². The van der Waals surface area contributed by atoms with Gasteiger partial charge in [0.05, 0.1) is 19.1 Å². The standard InChI is InChI=1S/C10H12N4O4/c15-2-6-7(16)8(17)10(18-6)14-4-13-5-1-11-3-12-9(5)14/h1,3-4,6-8,10,15-17H,2H2/t6-,7+,8?,10-/m0/s1. The number of ether oxygens (including phenoxy) is 1. The van der Waals surface area contributed by atoms with E-state index < -0.39 is 24.5 Å². The number of imidazole rings is 1. The van der Waals surface area contributed by atoms with E-state index in [4.69, 9.17) is 9.84 Å². The Kier molecular flexibility index (Phi) is 2.71. The number of hydrogen-bond donors (Lipinski definition) is 3. The molecule has 1 aliphatic heterocycles. The Morgan fingerprint density at radius 2 is 2.11 bits per heavy atom. The Labute approximate surface area is 102 Å². The Morgan fingerprint density at radius 1 is 1.28 bits per heavy atom. The minimum Gasteiger partial charge on any atom is -0.394 e. The zero-order valence-corrected chi connectivity index (χ0v) is 9.29. The first kappa shape index (κ1) is 11.5. The fraction of sp³-hybridized carbons (Fsp3) is 0.500.